The van der Waals surface area contributed by atoms with Gasteiger partial charge in [-0.15, -0.1) is 0 Å². The van der Waals surface area contributed by atoms with Crippen LogP contribution in [0.5, 0.6) is 0 Å². The molecule has 0 unspecified atom stereocenters. The molecule has 1 amide bonds. The lowest BCUT2D eigenvalue weighted by atomic mass is 10.1. The maximum Gasteiger partial charge on any atom is 0.244 e. The molecular formula is C14H18Cl2N2O4S. The van der Waals surface area contributed by atoms with Crippen LogP contribution in [0.2, 0.25) is 10.0 Å². The summed E-state index contributed by atoms with van der Waals surface area (Å²) in [7, 11) is -2.59. The van der Waals surface area contributed by atoms with Gasteiger partial charge >= 0.3 is 0 Å². The van der Waals surface area contributed by atoms with Gasteiger partial charge in [0.2, 0.25) is 15.9 Å². The van der Waals surface area contributed by atoms with Gasteiger partial charge in [-0.2, -0.15) is 4.31 Å². The number of carbonyl (C=O) groups is 1. The number of piperidine rings is 1. The highest BCUT2D eigenvalue weighted by Gasteiger charge is 2.28. The molecule has 0 bridgehead atoms. The fourth-order valence-electron chi connectivity index (χ4n) is 2.33. The Kier molecular flexibility index (Phi) is 5.91. The van der Waals surface area contributed by atoms with E-state index in [9.17, 15) is 18.3 Å². The van der Waals surface area contributed by atoms with Gasteiger partial charge in [-0.25, -0.2) is 8.42 Å². The number of hydrogen-bond donors (Lipinski definition) is 1. The van der Waals surface area contributed by atoms with E-state index in [4.69, 9.17) is 23.2 Å². The summed E-state index contributed by atoms with van der Waals surface area (Å²) in [5, 5.41) is 9.75. The van der Waals surface area contributed by atoms with Crippen LogP contribution in [-0.2, 0) is 14.8 Å². The Morgan fingerprint density at radius 2 is 1.96 bits per heavy atom. The molecule has 1 heterocycles. The summed E-state index contributed by atoms with van der Waals surface area (Å²) in [6.07, 6.45) is 0.607. The van der Waals surface area contributed by atoms with Crippen molar-refractivity contribution in [3.05, 3.63) is 28.2 Å². The number of likely N-dealkylation sites (tertiary alicyclic amines) is 1. The Balaban J connectivity index is 2.11. The van der Waals surface area contributed by atoms with E-state index in [0.717, 1.165) is 4.31 Å². The zero-order valence-electron chi connectivity index (χ0n) is 12.6. The zero-order valence-corrected chi connectivity index (χ0v) is 14.9. The molecule has 1 aromatic rings. The molecule has 6 nitrogen and oxygen atoms in total. The zero-order chi connectivity index (χ0) is 17.2. The van der Waals surface area contributed by atoms with Gasteiger partial charge in [0, 0.05) is 25.2 Å². The summed E-state index contributed by atoms with van der Waals surface area (Å²) in [5.41, 5.74) is 0. The third-order valence-electron chi connectivity index (χ3n) is 3.76. The summed E-state index contributed by atoms with van der Waals surface area (Å²) < 4.78 is 26.1. The molecular weight excluding hydrogens is 363 g/mol. The minimum atomic E-state index is -3.92. The smallest absolute Gasteiger partial charge is 0.244 e. The first kappa shape index (κ1) is 18.5. The molecule has 0 spiro atoms. The van der Waals surface area contributed by atoms with Gasteiger partial charge in [0.15, 0.2) is 0 Å². The third-order valence-corrected chi connectivity index (χ3v) is 6.28. The molecule has 0 aliphatic carbocycles. The summed E-state index contributed by atoms with van der Waals surface area (Å²) in [6.45, 7) is 0.554. The second-order valence-corrected chi connectivity index (χ2v) is 8.30. The predicted octanol–water partition coefficient (Wildman–Crippen LogP) is 1.60. The van der Waals surface area contributed by atoms with Gasteiger partial charge in [-0.1, -0.05) is 23.2 Å². The molecule has 128 valence electrons. The third kappa shape index (κ3) is 4.36. The molecule has 1 aliphatic rings. The van der Waals surface area contributed by atoms with Crippen LogP contribution >= 0.6 is 23.2 Å². The van der Waals surface area contributed by atoms with E-state index in [2.05, 4.69) is 0 Å². The van der Waals surface area contributed by atoms with Crippen molar-refractivity contribution in [2.24, 2.45) is 0 Å². The fraction of sp³-hybridized carbons (Fsp3) is 0.500. The van der Waals surface area contributed by atoms with Gasteiger partial charge in [0.1, 0.15) is 4.90 Å². The van der Waals surface area contributed by atoms with Crippen LogP contribution in [0.3, 0.4) is 0 Å². The van der Waals surface area contributed by atoms with E-state index >= 15 is 0 Å². The number of carbonyl (C=O) groups excluding carboxylic acids is 1. The Morgan fingerprint density at radius 3 is 2.57 bits per heavy atom. The van der Waals surface area contributed by atoms with Gasteiger partial charge < -0.3 is 10.0 Å². The minimum Gasteiger partial charge on any atom is -0.393 e. The van der Waals surface area contributed by atoms with Crippen LogP contribution in [0, 0.1) is 0 Å². The van der Waals surface area contributed by atoms with Crippen LogP contribution in [0.25, 0.3) is 0 Å². The molecule has 23 heavy (non-hydrogen) atoms. The number of halogens is 2. The molecule has 1 aromatic carbocycles. The second-order valence-electron chi connectivity index (χ2n) is 5.45. The monoisotopic (exact) mass is 380 g/mol. The highest BCUT2D eigenvalue weighted by Crippen LogP contribution is 2.27. The number of benzene rings is 1. The lowest BCUT2D eigenvalue weighted by molar-refractivity contribution is -0.133. The molecule has 2 rings (SSSR count). The van der Waals surface area contributed by atoms with Gasteiger partial charge in [-0.05, 0) is 31.0 Å². The number of amides is 1. The Labute approximate surface area is 145 Å². The van der Waals surface area contributed by atoms with Gasteiger partial charge in [0.25, 0.3) is 0 Å². The number of rotatable bonds is 4. The van der Waals surface area contributed by atoms with Crippen molar-refractivity contribution >= 4 is 39.1 Å². The second kappa shape index (κ2) is 7.36. The fourth-order valence-corrected chi connectivity index (χ4v) is 4.19. The van der Waals surface area contributed by atoms with E-state index in [1.54, 1.807) is 4.90 Å². The van der Waals surface area contributed by atoms with Crippen molar-refractivity contribution in [2.45, 2.75) is 23.8 Å². The number of aliphatic hydroxyl groups excluding tert-OH is 1. The van der Waals surface area contributed by atoms with Crippen LogP contribution < -0.4 is 0 Å². The van der Waals surface area contributed by atoms with E-state index in [1.807, 2.05) is 0 Å². The van der Waals surface area contributed by atoms with Crippen molar-refractivity contribution in [3.8, 4) is 0 Å². The van der Waals surface area contributed by atoms with E-state index in [1.165, 1.54) is 25.2 Å². The molecule has 0 saturated carbocycles. The van der Waals surface area contributed by atoms with Crippen LogP contribution in [0.15, 0.2) is 23.1 Å². The summed E-state index contributed by atoms with van der Waals surface area (Å²) in [4.78, 5) is 13.6. The maximum atomic E-state index is 12.5. The molecule has 0 aromatic heterocycles. The molecule has 9 heteroatoms. The van der Waals surface area contributed by atoms with Crippen LogP contribution in [0.4, 0.5) is 0 Å². The van der Waals surface area contributed by atoms with Crippen molar-refractivity contribution in [1.82, 2.24) is 9.21 Å². The van der Waals surface area contributed by atoms with Crippen molar-refractivity contribution < 1.29 is 18.3 Å². The SMILES string of the molecule is CN(CC(=O)N1CCC(O)CC1)S(=O)(=O)c1cc(Cl)ccc1Cl. The highest BCUT2D eigenvalue weighted by molar-refractivity contribution is 7.89. The molecule has 1 fully saturated rings. The quantitative estimate of drug-likeness (QED) is 0.860. The molecule has 0 atom stereocenters. The maximum absolute atomic E-state index is 12.5. The summed E-state index contributed by atoms with van der Waals surface area (Å²) in [5.74, 6) is -0.305. The first-order chi connectivity index (χ1) is 10.7. The van der Waals surface area contributed by atoms with Crippen molar-refractivity contribution in [1.29, 1.82) is 0 Å². The predicted molar refractivity (Wildman–Crippen MR) is 88.1 cm³/mol. The van der Waals surface area contributed by atoms with Crippen LogP contribution in [-0.4, -0.2) is 61.4 Å². The standard InChI is InChI=1S/C14H18Cl2N2O4S/c1-17(9-14(20)18-6-4-11(19)5-7-18)23(21,22)13-8-10(15)2-3-12(13)16/h2-3,8,11,19H,4-7,9H2,1H3. The van der Waals surface area contributed by atoms with Gasteiger partial charge in [0.05, 0.1) is 17.7 Å². The lowest BCUT2D eigenvalue weighted by Gasteiger charge is -2.30. The van der Waals surface area contributed by atoms with Gasteiger partial charge in [-0.3, -0.25) is 4.79 Å². The van der Waals surface area contributed by atoms with Crippen molar-refractivity contribution in [3.63, 3.8) is 0 Å². The lowest BCUT2D eigenvalue weighted by Crippen LogP contribution is -2.45. The Hall–Kier alpha value is -0.860. The number of hydrogen-bond acceptors (Lipinski definition) is 4. The largest absolute Gasteiger partial charge is 0.393 e. The topological polar surface area (TPSA) is 77.9 Å². The van der Waals surface area contributed by atoms with Crippen LogP contribution in [0.1, 0.15) is 12.8 Å². The number of aliphatic hydroxyl groups is 1. The normalized spacial score (nSPS) is 16.8. The van der Waals surface area contributed by atoms with Crippen molar-refractivity contribution in [2.75, 3.05) is 26.7 Å². The Morgan fingerprint density at radius 1 is 1.35 bits per heavy atom. The summed E-state index contributed by atoms with van der Waals surface area (Å²) in [6, 6.07) is 4.16. The number of nitrogens with zero attached hydrogens (tertiary/aromatic N) is 2. The average molecular weight is 381 g/mol. The molecule has 1 aliphatic heterocycles. The average Bonchev–Trinajstić information content (AvgIpc) is 2.50. The van der Waals surface area contributed by atoms with E-state index < -0.39 is 16.1 Å². The van der Waals surface area contributed by atoms with E-state index in [0.29, 0.717) is 25.9 Å². The molecule has 1 saturated heterocycles. The Bertz CT molecular complexity index is 688. The van der Waals surface area contributed by atoms with E-state index in [-0.39, 0.29) is 27.4 Å². The number of sulfonamides is 1. The number of likely N-dealkylation sites (N-methyl/N-ethyl adjacent to an activating group) is 1. The first-order valence-electron chi connectivity index (χ1n) is 7.09. The molecule has 1 N–H and O–H groups in total. The summed E-state index contributed by atoms with van der Waals surface area (Å²) >= 11 is 11.8. The first-order valence-corrected chi connectivity index (χ1v) is 9.28. The highest BCUT2D eigenvalue weighted by atomic mass is 35.5. The minimum absolute atomic E-state index is 0.0507. The molecule has 0 radical (unpaired) electrons.